The first-order valence-electron chi connectivity index (χ1n) is 11.5. The summed E-state index contributed by atoms with van der Waals surface area (Å²) < 4.78 is 0. The molecule has 1 heterocycles. The number of phenols is 1. The van der Waals surface area contributed by atoms with Crippen LogP contribution in [0.4, 0.5) is 0 Å². The van der Waals surface area contributed by atoms with Crippen molar-refractivity contribution < 1.29 is 34.2 Å². The van der Waals surface area contributed by atoms with Gasteiger partial charge in [0, 0.05) is 36.9 Å². The minimum atomic E-state index is -1.34. The predicted octanol–water partition coefficient (Wildman–Crippen LogP) is -2.04. The number of H-pyrrole nitrogens is 1. The third-order valence-corrected chi connectivity index (χ3v) is 5.82. The van der Waals surface area contributed by atoms with E-state index in [2.05, 4.69) is 38.5 Å². The number of carboxylic acids is 1. The molecule has 0 aliphatic heterocycles. The first-order chi connectivity index (χ1) is 18.0. The SMILES string of the molecule is NC(=O)CCC(N)C(=O)NC(CS)C(=O)NC(Cc1cnc[nH]1)C(=O)NC(Cc1ccc(O)cc1)C(=O)O. The quantitative estimate of drug-likeness (QED) is 0.111. The molecule has 0 spiro atoms. The van der Waals surface area contributed by atoms with Crippen molar-refractivity contribution in [3.05, 3.63) is 48.0 Å². The number of hydrogen-bond donors (Lipinski definition) is 9. The molecule has 0 bridgehead atoms. The van der Waals surface area contributed by atoms with Gasteiger partial charge >= 0.3 is 5.97 Å². The number of nitrogens with two attached hydrogens (primary N) is 2. The maximum atomic E-state index is 13.1. The van der Waals surface area contributed by atoms with E-state index in [-0.39, 0.29) is 37.2 Å². The summed E-state index contributed by atoms with van der Waals surface area (Å²) in [6.45, 7) is 0. The Hall–Kier alpha value is -4.11. The largest absolute Gasteiger partial charge is 0.508 e. The van der Waals surface area contributed by atoms with Crippen LogP contribution in [-0.2, 0) is 36.8 Å². The molecule has 15 heteroatoms. The molecular weight excluding hydrogens is 518 g/mol. The van der Waals surface area contributed by atoms with Gasteiger partial charge in [-0.3, -0.25) is 19.2 Å². The Kier molecular flexibility index (Phi) is 11.6. The second-order valence-corrected chi connectivity index (χ2v) is 8.83. The zero-order valence-electron chi connectivity index (χ0n) is 20.3. The Bertz CT molecular complexity index is 1110. The molecule has 2 aromatic rings. The van der Waals surface area contributed by atoms with Crippen LogP contribution in [0.3, 0.4) is 0 Å². The van der Waals surface area contributed by atoms with E-state index in [1.807, 2.05) is 0 Å². The highest BCUT2D eigenvalue weighted by Gasteiger charge is 2.30. The Morgan fingerprint density at radius 1 is 0.947 bits per heavy atom. The smallest absolute Gasteiger partial charge is 0.326 e. The van der Waals surface area contributed by atoms with E-state index in [4.69, 9.17) is 11.5 Å². The molecule has 0 fully saturated rings. The molecule has 2 rings (SSSR count). The summed E-state index contributed by atoms with van der Waals surface area (Å²) in [5.41, 5.74) is 11.8. The van der Waals surface area contributed by atoms with Crippen LogP contribution in [0, 0.1) is 0 Å². The second kappa shape index (κ2) is 14.6. The molecule has 0 aliphatic carbocycles. The number of benzene rings is 1. The van der Waals surface area contributed by atoms with E-state index < -0.39 is 53.8 Å². The number of carboxylic acid groups (broad SMARTS) is 1. The number of aromatic nitrogens is 2. The molecule has 0 saturated carbocycles. The first-order valence-corrected chi connectivity index (χ1v) is 12.2. The lowest BCUT2D eigenvalue weighted by atomic mass is 10.0. The number of hydrogen-bond acceptors (Lipinski definition) is 9. The maximum Gasteiger partial charge on any atom is 0.326 e. The molecule has 206 valence electrons. The van der Waals surface area contributed by atoms with Crippen molar-refractivity contribution in [3.63, 3.8) is 0 Å². The normalized spacial score (nSPS) is 13.9. The number of carbonyl (C=O) groups excluding carboxylic acids is 4. The summed E-state index contributed by atoms with van der Waals surface area (Å²) in [6.07, 6.45) is 2.53. The van der Waals surface area contributed by atoms with Crippen molar-refractivity contribution >= 4 is 42.2 Å². The van der Waals surface area contributed by atoms with Crippen molar-refractivity contribution in [2.24, 2.45) is 11.5 Å². The van der Waals surface area contributed by atoms with Crippen LogP contribution >= 0.6 is 12.6 Å². The van der Waals surface area contributed by atoms with Gasteiger partial charge in [-0.2, -0.15) is 12.6 Å². The van der Waals surface area contributed by atoms with Crippen LogP contribution in [0.15, 0.2) is 36.8 Å². The lowest BCUT2D eigenvalue weighted by Gasteiger charge is -2.24. The minimum absolute atomic E-state index is 0.00616. The number of nitrogens with zero attached hydrogens (tertiary/aromatic N) is 1. The number of phenolic OH excluding ortho intramolecular Hbond substituents is 1. The fraction of sp³-hybridized carbons (Fsp3) is 0.391. The standard InChI is InChI=1S/C23H31N7O7S/c24-15(5-6-19(25)32)20(33)30-18(10-38)22(35)28-16(8-13-9-26-11-27-13)21(34)29-17(23(36)37)7-12-1-3-14(31)4-2-12/h1-4,9,11,15-18,31,38H,5-8,10,24H2,(H2,25,32)(H,26,27)(H,28,35)(H,29,34)(H,30,33)(H,36,37). The van der Waals surface area contributed by atoms with Gasteiger partial charge in [-0.05, 0) is 24.1 Å². The van der Waals surface area contributed by atoms with Gasteiger partial charge in [0.05, 0.1) is 12.4 Å². The van der Waals surface area contributed by atoms with Crippen molar-refractivity contribution in [3.8, 4) is 5.75 Å². The molecule has 0 saturated heterocycles. The number of rotatable bonds is 15. The Morgan fingerprint density at radius 2 is 1.55 bits per heavy atom. The van der Waals surface area contributed by atoms with Crippen LogP contribution in [-0.4, -0.2) is 79.7 Å². The summed E-state index contributed by atoms with van der Waals surface area (Å²) in [7, 11) is 0. The molecule has 1 aromatic heterocycles. The molecule has 4 amide bonds. The third-order valence-electron chi connectivity index (χ3n) is 5.46. The number of aromatic amines is 1. The third kappa shape index (κ3) is 9.74. The molecule has 0 aliphatic rings. The maximum absolute atomic E-state index is 13.1. The zero-order chi connectivity index (χ0) is 28.2. The highest BCUT2D eigenvalue weighted by atomic mass is 32.1. The van der Waals surface area contributed by atoms with Gasteiger partial charge in [0.1, 0.15) is 23.9 Å². The molecule has 10 N–H and O–H groups in total. The number of imidazole rings is 1. The molecule has 1 aromatic carbocycles. The molecule has 4 atom stereocenters. The summed E-state index contributed by atoms with van der Waals surface area (Å²) >= 11 is 4.09. The lowest BCUT2D eigenvalue weighted by molar-refractivity contribution is -0.142. The summed E-state index contributed by atoms with van der Waals surface area (Å²) in [5, 5.41) is 26.4. The predicted molar refractivity (Wildman–Crippen MR) is 138 cm³/mol. The summed E-state index contributed by atoms with van der Waals surface area (Å²) in [5.74, 6) is -4.33. The Balaban J connectivity index is 2.12. The van der Waals surface area contributed by atoms with E-state index in [1.165, 1.54) is 36.8 Å². The molecular formula is C23H31N7O7S. The highest BCUT2D eigenvalue weighted by Crippen LogP contribution is 2.12. The molecule has 38 heavy (non-hydrogen) atoms. The molecule has 4 unspecified atom stereocenters. The van der Waals surface area contributed by atoms with Gasteiger partial charge in [-0.15, -0.1) is 0 Å². The van der Waals surface area contributed by atoms with E-state index in [0.717, 1.165) is 0 Å². The lowest BCUT2D eigenvalue weighted by Crippen LogP contribution is -2.58. The van der Waals surface area contributed by atoms with Crippen molar-refractivity contribution in [2.75, 3.05) is 5.75 Å². The van der Waals surface area contributed by atoms with Crippen LogP contribution in [0.25, 0.3) is 0 Å². The van der Waals surface area contributed by atoms with Crippen LogP contribution < -0.4 is 27.4 Å². The number of thiol groups is 1. The number of amides is 4. The average Bonchev–Trinajstić information content (AvgIpc) is 3.39. The topological polar surface area (TPSA) is 243 Å². The van der Waals surface area contributed by atoms with E-state index in [1.54, 1.807) is 0 Å². The van der Waals surface area contributed by atoms with Crippen LogP contribution in [0.1, 0.15) is 24.1 Å². The Morgan fingerprint density at radius 3 is 2.11 bits per heavy atom. The summed E-state index contributed by atoms with van der Waals surface area (Å²) in [4.78, 5) is 67.9. The van der Waals surface area contributed by atoms with Gasteiger partial charge in [0.15, 0.2) is 0 Å². The first kappa shape index (κ1) is 30.1. The van der Waals surface area contributed by atoms with E-state index in [9.17, 15) is 34.2 Å². The Labute approximate surface area is 223 Å². The van der Waals surface area contributed by atoms with Gasteiger partial charge in [0.25, 0.3) is 0 Å². The number of aliphatic carboxylic acids is 1. The van der Waals surface area contributed by atoms with Crippen molar-refractivity contribution in [1.29, 1.82) is 0 Å². The molecule has 14 nitrogen and oxygen atoms in total. The highest BCUT2D eigenvalue weighted by molar-refractivity contribution is 7.80. The fourth-order valence-corrected chi connectivity index (χ4v) is 3.60. The number of nitrogens with one attached hydrogen (secondary N) is 4. The monoisotopic (exact) mass is 549 g/mol. The summed E-state index contributed by atoms with van der Waals surface area (Å²) in [6, 6.07) is 0.966. The van der Waals surface area contributed by atoms with Crippen molar-refractivity contribution in [1.82, 2.24) is 25.9 Å². The van der Waals surface area contributed by atoms with Crippen LogP contribution in [0.2, 0.25) is 0 Å². The van der Waals surface area contributed by atoms with Gasteiger partial charge in [-0.25, -0.2) is 9.78 Å². The van der Waals surface area contributed by atoms with Gasteiger partial charge < -0.3 is 42.6 Å². The van der Waals surface area contributed by atoms with Gasteiger partial charge in [-0.1, -0.05) is 12.1 Å². The fourth-order valence-electron chi connectivity index (χ4n) is 3.34. The molecule has 0 radical (unpaired) electrons. The zero-order valence-corrected chi connectivity index (χ0v) is 21.2. The number of carbonyl (C=O) groups is 5. The average molecular weight is 550 g/mol. The van der Waals surface area contributed by atoms with E-state index >= 15 is 0 Å². The van der Waals surface area contributed by atoms with E-state index in [0.29, 0.717) is 11.3 Å². The number of primary amides is 1. The van der Waals surface area contributed by atoms with Crippen LogP contribution in [0.5, 0.6) is 5.75 Å². The van der Waals surface area contributed by atoms with Crippen molar-refractivity contribution in [2.45, 2.75) is 49.9 Å². The number of aromatic hydroxyl groups is 1. The van der Waals surface area contributed by atoms with Gasteiger partial charge in [0.2, 0.25) is 23.6 Å². The minimum Gasteiger partial charge on any atom is -0.508 e. The second-order valence-electron chi connectivity index (χ2n) is 8.47.